The molecular weight excluding hydrogens is 390 g/mol. The van der Waals surface area contributed by atoms with Gasteiger partial charge in [0.1, 0.15) is 17.9 Å². The number of likely N-dealkylation sites (N-methyl/N-ethyl adjacent to an activating group) is 1. The van der Waals surface area contributed by atoms with Gasteiger partial charge in [0, 0.05) is 37.9 Å². The molecule has 0 radical (unpaired) electrons. The van der Waals surface area contributed by atoms with Crippen molar-refractivity contribution in [1.29, 1.82) is 0 Å². The molecule has 168 valence electrons. The fraction of sp³-hybridized carbons (Fsp3) is 0.583. The lowest BCUT2D eigenvalue weighted by atomic mass is 9.71. The number of nitrogens with zero attached hydrogens (tertiary/aromatic N) is 3. The zero-order chi connectivity index (χ0) is 22.2. The predicted molar refractivity (Wildman–Crippen MR) is 125 cm³/mol. The van der Waals surface area contributed by atoms with E-state index in [1.807, 2.05) is 0 Å². The monoisotopic (exact) mass is 425 g/mol. The van der Waals surface area contributed by atoms with Crippen molar-refractivity contribution in [3.05, 3.63) is 29.6 Å². The predicted octanol–water partition coefficient (Wildman–Crippen LogP) is 3.29. The Kier molecular flexibility index (Phi) is 6.08. The number of hydrogen-bond donors (Lipinski definition) is 2. The van der Waals surface area contributed by atoms with Gasteiger partial charge in [-0.25, -0.2) is 9.97 Å². The van der Waals surface area contributed by atoms with Crippen molar-refractivity contribution >= 4 is 11.5 Å². The maximum absolute atomic E-state index is 6.59. The summed E-state index contributed by atoms with van der Waals surface area (Å²) in [7, 11) is 3.84. The average molecular weight is 426 g/mol. The molecule has 2 aliphatic rings. The highest BCUT2D eigenvalue weighted by Crippen LogP contribution is 2.49. The number of methoxy groups -OCH3 is 1. The van der Waals surface area contributed by atoms with Crippen molar-refractivity contribution in [2.75, 3.05) is 37.9 Å². The molecule has 4 N–H and O–H groups in total. The standard InChI is InChI=1S/C24H35N5O2/c1-24(2)13-18-17(21-20(24)23(26)28-14-27-21)9-10-19(22(18)29(3)11-12-30-4)31-16-7-5-15(25)6-8-16/h9-10,14-16H,5-8,11-13,25H2,1-4H3,(H2,26,27,28)/t15-,16-. The molecule has 0 atom stereocenters. The van der Waals surface area contributed by atoms with Crippen LogP contribution in [0.3, 0.4) is 0 Å². The molecule has 1 fully saturated rings. The third-order valence-corrected chi connectivity index (χ3v) is 6.70. The highest BCUT2D eigenvalue weighted by Gasteiger charge is 2.37. The first kappa shape index (κ1) is 21.8. The molecule has 1 aromatic heterocycles. The van der Waals surface area contributed by atoms with Gasteiger partial charge >= 0.3 is 0 Å². The highest BCUT2D eigenvalue weighted by molar-refractivity contribution is 5.83. The summed E-state index contributed by atoms with van der Waals surface area (Å²) in [5, 5.41) is 0. The molecule has 2 aromatic rings. The summed E-state index contributed by atoms with van der Waals surface area (Å²) in [5.41, 5.74) is 17.7. The number of ether oxygens (including phenoxy) is 2. The summed E-state index contributed by atoms with van der Waals surface area (Å²) in [6, 6.07) is 4.52. The Hall–Kier alpha value is -2.38. The van der Waals surface area contributed by atoms with Crippen LogP contribution in [0.4, 0.5) is 11.5 Å². The molecule has 0 spiro atoms. The number of nitrogen functional groups attached to an aromatic ring is 1. The van der Waals surface area contributed by atoms with E-state index in [-0.39, 0.29) is 11.5 Å². The van der Waals surface area contributed by atoms with Gasteiger partial charge in [0.25, 0.3) is 0 Å². The van der Waals surface area contributed by atoms with E-state index in [9.17, 15) is 0 Å². The van der Waals surface area contributed by atoms with Crippen LogP contribution in [-0.4, -0.2) is 49.4 Å². The second-order valence-electron chi connectivity index (χ2n) is 9.55. The van der Waals surface area contributed by atoms with Crippen molar-refractivity contribution < 1.29 is 9.47 Å². The summed E-state index contributed by atoms with van der Waals surface area (Å²) in [5.74, 6) is 1.49. The van der Waals surface area contributed by atoms with Gasteiger partial charge in [-0.3, -0.25) is 0 Å². The SMILES string of the molecule is COCCN(C)c1c(O[C@H]2CC[C@H](N)CC2)ccc2c1CC(C)(C)c1c(N)ncnc1-2. The summed E-state index contributed by atoms with van der Waals surface area (Å²) in [6.45, 7) is 5.85. The molecule has 2 aliphatic carbocycles. The molecule has 0 aliphatic heterocycles. The van der Waals surface area contributed by atoms with Gasteiger partial charge in [0.05, 0.1) is 24.1 Å². The third kappa shape index (κ3) is 4.21. The molecule has 4 rings (SSSR count). The Morgan fingerprint density at radius 3 is 2.61 bits per heavy atom. The molecular formula is C24H35N5O2. The van der Waals surface area contributed by atoms with Gasteiger partial charge in [-0.05, 0) is 55.2 Å². The molecule has 0 bridgehead atoms. The fourth-order valence-corrected chi connectivity index (χ4v) is 5.06. The Balaban J connectivity index is 1.80. The van der Waals surface area contributed by atoms with Crippen LogP contribution >= 0.6 is 0 Å². The quantitative estimate of drug-likeness (QED) is 0.732. The average Bonchev–Trinajstić information content (AvgIpc) is 2.73. The van der Waals surface area contributed by atoms with Crippen LogP contribution in [0.5, 0.6) is 5.75 Å². The fourth-order valence-electron chi connectivity index (χ4n) is 5.06. The highest BCUT2D eigenvalue weighted by atomic mass is 16.5. The van der Waals surface area contributed by atoms with E-state index >= 15 is 0 Å². The Bertz CT molecular complexity index is 938. The van der Waals surface area contributed by atoms with E-state index in [0.717, 1.165) is 66.9 Å². The van der Waals surface area contributed by atoms with Crippen LogP contribution in [0.2, 0.25) is 0 Å². The second-order valence-corrected chi connectivity index (χ2v) is 9.55. The van der Waals surface area contributed by atoms with Gasteiger partial charge in [-0.1, -0.05) is 13.8 Å². The molecule has 1 saturated carbocycles. The first-order valence-electron chi connectivity index (χ1n) is 11.2. The normalized spacial score (nSPS) is 21.8. The lowest BCUT2D eigenvalue weighted by Gasteiger charge is -2.37. The zero-order valence-corrected chi connectivity index (χ0v) is 19.1. The van der Waals surface area contributed by atoms with Crippen LogP contribution in [0.1, 0.15) is 50.7 Å². The van der Waals surface area contributed by atoms with E-state index in [4.69, 9.17) is 20.9 Å². The maximum Gasteiger partial charge on any atom is 0.143 e. The molecule has 31 heavy (non-hydrogen) atoms. The van der Waals surface area contributed by atoms with Gasteiger partial charge in [-0.2, -0.15) is 0 Å². The minimum atomic E-state index is -0.180. The number of anilines is 2. The first-order chi connectivity index (χ1) is 14.8. The first-order valence-corrected chi connectivity index (χ1v) is 11.2. The minimum Gasteiger partial charge on any atom is -0.488 e. The number of hydrogen-bond acceptors (Lipinski definition) is 7. The third-order valence-electron chi connectivity index (χ3n) is 6.70. The second kappa shape index (κ2) is 8.63. The lowest BCUT2D eigenvalue weighted by molar-refractivity contribution is 0.147. The summed E-state index contributed by atoms with van der Waals surface area (Å²) < 4.78 is 11.9. The van der Waals surface area contributed by atoms with E-state index in [2.05, 4.69) is 47.9 Å². The number of benzene rings is 1. The van der Waals surface area contributed by atoms with Crippen LogP contribution in [0.15, 0.2) is 18.5 Å². The van der Waals surface area contributed by atoms with Crippen LogP contribution < -0.4 is 21.1 Å². The van der Waals surface area contributed by atoms with Crippen LogP contribution in [0.25, 0.3) is 11.3 Å². The summed E-state index contributed by atoms with van der Waals surface area (Å²) in [6.07, 6.45) is 6.63. The molecule has 7 nitrogen and oxygen atoms in total. The van der Waals surface area contributed by atoms with E-state index in [1.165, 1.54) is 5.56 Å². The van der Waals surface area contributed by atoms with Crippen LogP contribution in [0, 0.1) is 0 Å². The van der Waals surface area contributed by atoms with Crippen molar-refractivity contribution in [3.63, 3.8) is 0 Å². The zero-order valence-electron chi connectivity index (χ0n) is 19.1. The molecule has 0 saturated heterocycles. The Morgan fingerprint density at radius 2 is 1.90 bits per heavy atom. The van der Waals surface area contributed by atoms with Crippen molar-refractivity contribution in [1.82, 2.24) is 9.97 Å². The minimum absolute atomic E-state index is 0.180. The molecule has 7 heteroatoms. The van der Waals surface area contributed by atoms with Crippen molar-refractivity contribution in [2.45, 2.75) is 63.5 Å². The van der Waals surface area contributed by atoms with Gasteiger partial charge in [0.2, 0.25) is 0 Å². The topological polar surface area (TPSA) is 99.5 Å². The molecule has 0 amide bonds. The Labute approximate surface area is 185 Å². The lowest BCUT2D eigenvalue weighted by Crippen LogP contribution is -2.33. The Morgan fingerprint density at radius 1 is 1.16 bits per heavy atom. The number of fused-ring (bicyclic) bond motifs is 3. The molecule has 0 unspecified atom stereocenters. The van der Waals surface area contributed by atoms with E-state index < -0.39 is 0 Å². The summed E-state index contributed by atoms with van der Waals surface area (Å²) in [4.78, 5) is 11.2. The van der Waals surface area contributed by atoms with Crippen molar-refractivity contribution in [2.24, 2.45) is 5.73 Å². The van der Waals surface area contributed by atoms with E-state index in [1.54, 1.807) is 13.4 Å². The number of rotatable bonds is 6. The summed E-state index contributed by atoms with van der Waals surface area (Å²) >= 11 is 0. The largest absolute Gasteiger partial charge is 0.488 e. The molecule has 1 aromatic carbocycles. The number of aromatic nitrogens is 2. The number of nitrogens with two attached hydrogens (primary N) is 2. The van der Waals surface area contributed by atoms with Crippen LogP contribution in [-0.2, 0) is 16.6 Å². The van der Waals surface area contributed by atoms with Gasteiger partial charge in [-0.15, -0.1) is 0 Å². The maximum atomic E-state index is 6.59. The van der Waals surface area contributed by atoms with Gasteiger partial charge in [0.15, 0.2) is 0 Å². The van der Waals surface area contributed by atoms with Crippen molar-refractivity contribution in [3.8, 4) is 17.0 Å². The molecule has 1 heterocycles. The smallest absolute Gasteiger partial charge is 0.143 e. The van der Waals surface area contributed by atoms with Gasteiger partial charge < -0.3 is 25.8 Å². The van der Waals surface area contributed by atoms with E-state index in [0.29, 0.717) is 18.5 Å².